The molecule has 1 atom stereocenters. The molecule has 1 aliphatic heterocycles. The molecule has 3 heterocycles. The van der Waals surface area contributed by atoms with Crippen molar-refractivity contribution in [3.8, 4) is 0 Å². The number of amides is 1. The van der Waals surface area contributed by atoms with E-state index in [2.05, 4.69) is 47.4 Å². The minimum atomic E-state index is -0.139. The molecule has 1 N–H and O–H groups in total. The molecule has 0 spiro atoms. The monoisotopic (exact) mass is 387 g/mol. The van der Waals surface area contributed by atoms with Gasteiger partial charge in [0.05, 0.1) is 12.2 Å². The molecule has 1 saturated heterocycles. The summed E-state index contributed by atoms with van der Waals surface area (Å²) in [6.45, 7) is 12.2. The molecule has 0 radical (unpaired) electrons. The first kappa shape index (κ1) is 20.6. The van der Waals surface area contributed by atoms with Crippen LogP contribution in [0.15, 0.2) is 22.7 Å². The van der Waals surface area contributed by atoms with Crippen molar-refractivity contribution in [2.75, 3.05) is 26.2 Å². The van der Waals surface area contributed by atoms with E-state index in [1.54, 1.807) is 6.20 Å². The van der Waals surface area contributed by atoms with Gasteiger partial charge < -0.3 is 14.6 Å². The van der Waals surface area contributed by atoms with Gasteiger partial charge in [-0.1, -0.05) is 26.0 Å². The number of rotatable bonds is 8. The van der Waals surface area contributed by atoms with Crippen LogP contribution in [0.3, 0.4) is 0 Å². The Balaban J connectivity index is 1.43. The van der Waals surface area contributed by atoms with E-state index in [9.17, 15) is 4.79 Å². The number of nitrogens with one attached hydrogen (secondary N) is 1. The fourth-order valence-electron chi connectivity index (χ4n) is 3.59. The number of carbonyl (C=O) groups excluding carboxylic acids is 1. The first-order valence-corrected chi connectivity index (χ1v) is 10.4. The Kier molecular flexibility index (Phi) is 6.88. The second-order valence-corrected chi connectivity index (χ2v) is 8.40. The van der Waals surface area contributed by atoms with Crippen molar-refractivity contribution < 1.29 is 9.21 Å². The van der Waals surface area contributed by atoms with E-state index in [4.69, 9.17) is 4.42 Å². The Morgan fingerprint density at radius 3 is 2.68 bits per heavy atom. The molecule has 2 aromatic rings. The highest BCUT2D eigenvalue weighted by Gasteiger charge is 2.23. The molecule has 0 saturated carbocycles. The molecule has 1 aliphatic rings. The van der Waals surface area contributed by atoms with Crippen LogP contribution in [0, 0.1) is 12.8 Å². The number of furan rings is 1. The van der Waals surface area contributed by atoms with Gasteiger partial charge in [-0.15, -0.1) is 5.10 Å². The van der Waals surface area contributed by atoms with Crippen LogP contribution in [0.5, 0.6) is 0 Å². The van der Waals surface area contributed by atoms with E-state index in [1.165, 1.54) is 0 Å². The smallest absolute Gasteiger partial charge is 0.273 e. The summed E-state index contributed by atoms with van der Waals surface area (Å²) in [5.41, 5.74) is 0.408. The number of hydrogen-bond acceptors (Lipinski definition) is 5. The molecule has 2 aromatic heterocycles. The van der Waals surface area contributed by atoms with Crippen molar-refractivity contribution >= 4 is 5.91 Å². The summed E-state index contributed by atoms with van der Waals surface area (Å²) in [7, 11) is 0. The zero-order valence-electron chi connectivity index (χ0n) is 17.5. The topological polar surface area (TPSA) is 76.2 Å². The van der Waals surface area contributed by atoms with Crippen LogP contribution in [-0.4, -0.2) is 52.0 Å². The number of likely N-dealkylation sites (tertiary alicyclic amines) is 1. The standard InChI is InChI=1S/C21H33N5O2/c1-15(2)13-22-21(27)19-14-26(24-23-19)18-8-11-25(12-9-18)10-7-16(3)20-6-5-17(4)28-20/h5-6,14-16,18H,7-13H2,1-4H3,(H,22,27)/t16-/m0/s1. The van der Waals surface area contributed by atoms with Crippen molar-refractivity contribution in [1.82, 2.24) is 25.2 Å². The second kappa shape index (κ2) is 9.37. The highest BCUT2D eigenvalue weighted by atomic mass is 16.3. The summed E-state index contributed by atoms with van der Waals surface area (Å²) >= 11 is 0. The van der Waals surface area contributed by atoms with Crippen LogP contribution < -0.4 is 5.32 Å². The summed E-state index contributed by atoms with van der Waals surface area (Å²) in [6, 6.07) is 4.44. The largest absolute Gasteiger partial charge is 0.466 e. The minimum Gasteiger partial charge on any atom is -0.466 e. The maximum Gasteiger partial charge on any atom is 0.273 e. The molecule has 7 heteroatoms. The first-order valence-electron chi connectivity index (χ1n) is 10.4. The quantitative estimate of drug-likeness (QED) is 0.751. The molecule has 28 heavy (non-hydrogen) atoms. The number of carbonyl (C=O) groups is 1. The Bertz CT molecular complexity index is 758. The maximum absolute atomic E-state index is 12.1. The average molecular weight is 388 g/mol. The van der Waals surface area contributed by atoms with Crippen LogP contribution in [-0.2, 0) is 0 Å². The van der Waals surface area contributed by atoms with Gasteiger partial charge in [-0.3, -0.25) is 4.79 Å². The van der Waals surface area contributed by atoms with Crippen LogP contribution in [0.25, 0.3) is 0 Å². The summed E-state index contributed by atoms with van der Waals surface area (Å²) in [4.78, 5) is 14.6. The van der Waals surface area contributed by atoms with Crippen LogP contribution in [0.4, 0.5) is 0 Å². The third-order valence-electron chi connectivity index (χ3n) is 5.47. The van der Waals surface area contributed by atoms with Gasteiger partial charge in [0.1, 0.15) is 11.5 Å². The van der Waals surface area contributed by atoms with Gasteiger partial charge in [-0.05, 0) is 50.8 Å². The van der Waals surface area contributed by atoms with Crippen molar-refractivity contribution in [1.29, 1.82) is 0 Å². The highest BCUT2D eigenvalue weighted by Crippen LogP contribution is 2.25. The van der Waals surface area contributed by atoms with Crippen LogP contribution in [0.2, 0.25) is 0 Å². The molecular weight excluding hydrogens is 354 g/mol. The van der Waals surface area contributed by atoms with Gasteiger partial charge in [-0.25, -0.2) is 4.68 Å². The lowest BCUT2D eigenvalue weighted by Gasteiger charge is -2.32. The molecule has 0 bridgehead atoms. The third-order valence-corrected chi connectivity index (χ3v) is 5.47. The molecule has 0 aliphatic carbocycles. The predicted octanol–water partition coefficient (Wildman–Crippen LogP) is 3.40. The van der Waals surface area contributed by atoms with E-state index in [0.717, 1.165) is 50.4 Å². The average Bonchev–Trinajstić information content (AvgIpc) is 3.34. The number of aromatic nitrogens is 3. The van der Waals surface area contributed by atoms with E-state index in [-0.39, 0.29) is 5.91 Å². The lowest BCUT2D eigenvalue weighted by atomic mass is 10.0. The van der Waals surface area contributed by atoms with E-state index in [1.807, 2.05) is 17.7 Å². The number of piperidine rings is 1. The zero-order chi connectivity index (χ0) is 20.1. The minimum absolute atomic E-state index is 0.139. The Morgan fingerprint density at radius 2 is 2.04 bits per heavy atom. The summed E-state index contributed by atoms with van der Waals surface area (Å²) in [5, 5.41) is 11.2. The van der Waals surface area contributed by atoms with Gasteiger partial charge >= 0.3 is 0 Å². The van der Waals surface area contributed by atoms with Crippen molar-refractivity contribution in [2.45, 2.75) is 58.9 Å². The third kappa shape index (κ3) is 5.44. The number of hydrogen-bond donors (Lipinski definition) is 1. The van der Waals surface area contributed by atoms with Crippen LogP contribution >= 0.6 is 0 Å². The molecule has 7 nitrogen and oxygen atoms in total. The van der Waals surface area contributed by atoms with Gasteiger partial charge in [0.25, 0.3) is 5.91 Å². The predicted molar refractivity (Wildman–Crippen MR) is 108 cm³/mol. The lowest BCUT2D eigenvalue weighted by molar-refractivity contribution is 0.0944. The summed E-state index contributed by atoms with van der Waals surface area (Å²) in [6.07, 6.45) is 4.95. The first-order chi connectivity index (χ1) is 13.4. The fourth-order valence-corrected chi connectivity index (χ4v) is 3.59. The summed E-state index contributed by atoms with van der Waals surface area (Å²) in [5.74, 6) is 2.78. The van der Waals surface area contributed by atoms with E-state index >= 15 is 0 Å². The molecular formula is C21H33N5O2. The van der Waals surface area contributed by atoms with Gasteiger partial charge in [0, 0.05) is 25.6 Å². The van der Waals surface area contributed by atoms with Crippen molar-refractivity contribution in [2.24, 2.45) is 5.92 Å². The Hall–Kier alpha value is -2.15. The van der Waals surface area contributed by atoms with Gasteiger partial charge in [0.2, 0.25) is 0 Å². The number of aryl methyl sites for hydroxylation is 1. The Labute approximate surface area is 167 Å². The number of nitrogens with zero attached hydrogens (tertiary/aromatic N) is 4. The lowest BCUT2D eigenvalue weighted by Crippen LogP contribution is -2.35. The Morgan fingerprint density at radius 1 is 1.29 bits per heavy atom. The SMILES string of the molecule is Cc1ccc([C@@H](C)CCN2CCC(n3cc(C(=O)NCC(C)C)nn3)CC2)o1. The normalized spacial score (nSPS) is 17.2. The molecule has 0 unspecified atom stereocenters. The second-order valence-electron chi connectivity index (χ2n) is 8.40. The maximum atomic E-state index is 12.1. The van der Waals surface area contributed by atoms with Gasteiger partial charge in [0.15, 0.2) is 5.69 Å². The zero-order valence-corrected chi connectivity index (χ0v) is 17.5. The van der Waals surface area contributed by atoms with E-state index in [0.29, 0.717) is 30.1 Å². The van der Waals surface area contributed by atoms with Crippen LogP contribution in [0.1, 0.15) is 74.0 Å². The van der Waals surface area contributed by atoms with Gasteiger partial charge in [-0.2, -0.15) is 0 Å². The van der Waals surface area contributed by atoms with Crippen molar-refractivity contribution in [3.05, 3.63) is 35.5 Å². The molecule has 1 amide bonds. The molecule has 3 rings (SSSR count). The molecule has 154 valence electrons. The fraction of sp³-hybridized carbons (Fsp3) is 0.667. The highest BCUT2D eigenvalue weighted by molar-refractivity contribution is 5.91. The van der Waals surface area contributed by atoms with E-state index < -0.39 is 0 Å². The summed E-state index contributed by atoms with van der Waals surface area (Å²) < 4.78 is 7.61. The molecule has 0 aromatic carbocycles. The molecule has 1 fully saturated rings. The van der Waals surface area contributed by atoms with Crippen molar-refractivity contribution in [3.63, 3.8) is 0 Å².